The van der Waals surface area contributed by atoms with E-state index in [4.69, 9.17) is 14.4 Å². The number of benzene rings is 1. The Morgan fingerprint density at radius 3 is 2.59 bits per heavy atom. The lowest BCUT2D eigenvalue weighted by molar-refractivity contribution is -0.136. The summed E-state index contributed by atoms with van der Waals surface area (Å²) < 4.78 is 11.9. The molecule has 8 nitrogen and oxygen atoms in total. The monoisotopic (exact) mass is 509 g/mol. The van der Waals surface area contributed by atoms with Crippen molar-refractivity contribution in [2.24, 2.45) is 11.8 Å². The maximum atomic E-state index is 12.7. The number of carbonyl (C=O) groups excluding carboxylic acids is 1. The van der Waals surface area contributed by atoms with E-state index in [2.05, 4.69) is 21.5 Å². The Morgan fingerprint density at radius 1 is 1.00 bits per heavy atom. The summed E-state index contributed by atoms with van der Waals surface area (Å²) in [5.41, 5.74) is 2.20. The Balaban J connectivity index is 1.17. The van der Waals surface area contributed by atoms with Crippen LogP contribution in [-0.4, -0.2) is 45.9 Å². The van der Waals surface area contributed by atoms with Gasteiger partial charge in [-0.2, -0.15) is 4.98 Å². The van der Waals surface area contributed by atoms with E-state index in [-0.39, 0.29) is 42.2 Å². The molecule has 8 heteroatoms. The Hall–Kier alpha value is -2.74. The standard InChI is InChI=1S/C29H39N3O5/c33-25(34)16-13-20-11-4-5-12-21(20)18-22-23-14-15-24(36-23)26(22)29-31-27(32-37-29)28(35)30-17-7-6-10-19-8-2-1-3-9-19/h4-5,11-12,19,22-24,26H,1-3,6-10,13-18H2,(H,30,35)(H,33,34)/t22-,23-,24+,26-/m0/s1. The first-order valence-electron chi connectivity index (χ1n) is 14.1. The molecule has 1 aromatic carbocycles. The average Bonchev–Trinajstić information content (AvgIpc) is 3.65. The maximum absolute atomic E-state index is 12.7. The highest BCUT2D eigenvalue weighted by Crippen LogP contribution is 2.49. The van der Waals surface area contributed by atoms with E-state index in [1.807, 2.05) is 18.2 Å². The number of rotatable bonds is 12. The van der Waals surface area contributed by atoms with Gasteiger partial charge in [-0.25, -0.2) is 0 Å². The van der Waals surface area contributed by atoms with Gasteiger partial charge in [-0.15, -0.1) is 0 Å². The van der Waals surface area contributed by atoms with Crippen molar-refractivity contribution in [2.45, 2.75) is 102 Å². The minimum absolute atomic E-state index is 0.0114. The molecule has 1 aromatic heterocycles. The van der Waals surface area contributed by atoms with Crippen molar-refractivity contribution in [2.75, 3.05) is 6.54 Å². The second-order valence-corrected chi connectivity index (χ2v) is 11.1. The van der Waals surface area contributed by atoms with Gasteiger partial charge >= 0.3 is 5.97 Å². The first-order chi connectivity index (χ1) is 18.1. The van der Waals surface area contributed by atoms with Crippen LogP contribution in [0.3, 0.4) is 0 Å². The van der Waals surface area contributed by atoms with Gasteiger partial charge in [0.25, 0.3) is 11.7 Å². The number of carboxylic acids is 1. The molecule has 3 aliphatic rings. The van der Waals surface area contributed by atoms with E-state index in [0.717, 1.165) is 49.1 Å². The summed E-state index contributed by atoms with van der Waals surface area (Å²) >= 11 is 0. The van der Waals surface area contributed by atoms with Gasteiger partial charge in [0.1, 0.15) is 0 Å². The van der Waals surface area contributed by atoms with Gasteiger partial charge < -0.3 is 19.7 Å². The van der Waals surface area contributed by atoms with E-state index in [9.17, 15) is 9.59 Å². The molecule has 0 unspecified atom stereocenters. The summed E-state index contributed by atoms with van der Waals surface area (Å²) in [5, 5.41) is 16.1. The van der Waals surface area contributed by atoms with Crippen molar-refractivity contribution >= 4 is 11.9 Å². The van der Waals surface area contributed by atoms with Crippen LogP contribution >= 0.6 is 0 Å². The number of aliphatic carboxylic acids is 1. The zero-order chi connectivity index (χ0) is 25.6. The van der Waals surface area contributed by atoms with Crippen LogP contribution in [0, 0.1) is 11.8 Å². The number of carbonyl (C=O) groups is 2. The number of nitrogens with zero attached hydrogens (tertiary/aromatic N) is 2. The first kappa shape index (κ1) is 25.9. The number of hydrogen-bond donors (Lipinski definition) is 2. The Kier molecular flexibility index (Phi) is 8.54. The van der Waals surface area contributed by atoms with Crippen LogP contribution in [0.15, 0.2) is 28.8 Å². The first-order valence-corrected chi connectivity index (χ1v) is 14.1. The lowest BCUT2D eigenvalue weighted by atomic mass is 9.75. The molecular formula is C29H39N3O5. The summed E-state index contributed by atoms with van der Waals surface area (Å²) in [7, 11) is 0. The molecule has 37 heavy (non-hydrogen) atoms. The van der Waals surface area contributed by atoms with Gasteiger partial charge in [-0.05, 0) is 49.1 Å². The number of ether oxygens (including phenoxy) is 1. The summed E-state index contributed by atoms with van der Waals surface area (Å²) in [5.74, 6) is 0.444. The van der Waals surface area contributed by atoms with Gasteiger partial charge in [0.15, 0.2) is 0 Å². The molecule has 3 fully saturated rings. The molecule has 4 atom stereocenters. The van der Waals surface area contributed by atoms with Crippen LogP contribution in [0.25, 0.3) is 0 Å². The topological polar surface area (TPSA) is 115 Å². The molecule has 2 aromatic rings. The number of amides is 1. The summed E-state index contributed by atoms with van der Waals surface area (Å²) in [6.45, 7) is 0.627. The third kappa shape index (κ3) is 6.40. The van der Waals surface area contributed by atoms with Crippen molar-refractivity contribution in [1.82, 2.24) is 15.5 Å². The largest absolute Gasteiger partial charge is 0.481 e. The molecule has 2 saturated heterocycles. The van der Waals surface area contributed by atoms with E-state index in [1.165, 1.54) is 38.5 Å². The molecule has 2 N–H and O–H groups in total. The zero-order valence-corrected chi connectivity index (χ0v) is 21.6. The molecule has 5 rings (SSSR count). The summed E-state index contributed by atoms with van der Waals surface area (Å²) in [6, 6.07) is 8.02. The quantitative estimate of drug-likeness (QED) is 0.384. The molecule has 1 saturated carbocycles. The Morgan fingerprint density at radius 2 is 1.78 bits per heavy atom. The van der Waals surface area contributed by atoms with Crippen LogP contribution in [-0.2, 0) is 22.4 Å². The van der Waals surface area contributed by atoms with Crippen molar-refractivity contribution in [3.05, 3.63) is 47.1 Å². The minimum Gasteiger partial charge on any atom is -0.481 e. The highest BCUT2D eigenvalue weighted by molar-refractivity contribution is 5.90. The maximum Gasteiger partial charge on any atom is 0.303 e. The van der Waals surface area contributed by atoms with Crippen molar-refractivity contribution < 1.29 is 24.0 Å². The van der Waals surface area contributed by atoms with Gasteiger partial charge in [0, 0.05) is 18.9 Å². The predicted octanol–water partition coefficient (Wildman–Crippen LogP) is 5.07. The minimum atomic E-state index is -0.795. The summed E-state index contributed by atoms with van der Waals surface area (Å²) in [6.07, 6.45) is 13.6. The highest BCUT2D eigenvalue weighted by Gasteiger charge is 2.52. The number of fused-ring (bicyclic) bond motifs is 2. The van der Waals surface area contributed by atoms with Gasteiger partial charge in [-0.1, -0.05) is 74.4 Å². The van der Waals surface area contributed by atoms with Gasteiger partial charge in [0.05, 0.1) is 18.1 Å². The predicted molar refractivity (Wildman–Crippen MR) is 137 cm³/mol. The molecular weight excluding hydrogens is 470 g/mol. The SMILES string of the molecule is O=C(O)CCc1ccccc1C[C@@H]1[C@H](c2nc(C(=O)NCCCCC3CCCCC3)no2)[C@H]2CC[C@@H]1O2. The smallest absolute Gasteiger partial charge is 0.303 e. The third-order valence-corrected chi connectivity index (χ3v) is 8.59. The fraction of sp³-hybridized carbons (Fsp3) is 0.655. The number of carboxylic acid groups (broad SMARTS) is 1. The second kappa shape index (κ2) is 12.2. The van der Waals surface area contributed by atoms with Crippen LogP contribution in [0.2, 0.25) is 0 Å². The zero-order valence-electron chi connectivity index (χ0n) is 21.6. The van der Waals surface area contributed by atoms with Crippen LogP contribution in [0.1, 0.15) is 104 Å². The van der Waals surface area contributed by atoms with Crippen LogP contribution < -0.4 is 5.32 Å². The third-order valence-electron chi connectivity index (χ3n) is 8.59. The Labute approximate surface area is 218 Å². The van der Waals surface area contributed by atoms with Crippen molar-refractivity contribution in [3.63, 3.8) is 0 Å². The highest BCUT2D eigenvalue weighted by atomic mass is 16.5. The molecule has 0 spiro atoms. The number of unbranched alkanes of at least 4 members (excludes halogenated alkanes) is 1. The number of hydrogen-bond acceptors (Lipinski definition) is 6. The fourth-order valence-corrected chi connectivity index (χ4v) is 6.65. The number of aryl methyl sites for hydroxylation is 1. The fourth-order valence-electron chi connectivity index (χ4n) is 6.65. The molecule has 3 heterocycles. The van der Waals surface area contributed by atoms with E-state index >= 15 is 0 Å². The molecule has 2 aliphatic heterocycles. The Bertz CT molecular complexity index is 1060. The average molecular weight is 510 g/mol. The lowest BCUT2D eigenvalue weighted by Crippen LogP contribution is -2.28. The molecule has 1 amide bonds. The molecule has 2 bridgehead atoms. The van der Waals surface area contributed by atoms with Crippen LogP contribution in [0.5, 0.6) is 0 Å². The van der Waals surface area contributed by atoms with Crippen molar-refractivity contribution in [3.8, 4) is 0 Å². The van der Waals surface area contributed by atoms with E-state index in [0.29, 0.717) is 18.9 Å². The molecule has 200 valence electrons. The van der Waals surface area contributed by atoms with Crippen molar-refractivity contribution in [1.29, 1.82) is 0 Å². The number of aromatic nitrogens is 2. The second-order valence-electron chi connectivity index (χ2n) is 11.1. The summed E-state index contributed by atoms with van der Waals surface area (Å²) in [4.78, 5) is 28.3. The molecule has 0 radical (unpaired) electrons. The lowest BCUT2D eigenvalue weighted by Gasteiger charge is -2.26. The molecule has 1 aliphatic carbocycles. The number of nitrogens with one attached hydrogen (secondary N) is 1. The van der Waals surface area contributed by atoms with E-state index < -0.39 is 5.97 Å². The van der Waals surface area contributed by atoms with Crippen LogP contribution in [0.4, 0.5) is 0 Å². The van der Waals surface area contributed by atoms with Gasteiger partial charge in [0.2, 0.25) is 5.89 Å². The normalized spacial score (nSPS) is 25.4. The van der Waals surface area contributed by atoms with E-state index in [1.54, 1.807) is 0 Å². The van der Waals surface area contributed by atoms with Gasteiger partial charge in [-0.3, -0.25) is 9.59 Å².